The monoisotopic (exact) mass is 294 g/mol. The molecule has 2 aromatic rings. The zero-order valence-corrected chi connectivity index (χ0v) is 12.0. The van der Waals surface area contributed by atoms with Gasteiger partial charge in [-0.2, -0.15) is 0 Å². The van der Waals surface area contributed by atoms with E-state index in [-0.39, 0.29) is 4.90 Å². The molecule has 0 unspecified atom stereocenters. The number of benzene rings is 2. The lowest BCUT2D eigenvalue weighted by Gasteiger charge is -2.13. The lowest BCUT2D eigenvalue weighted by atomic mass is 10.1. The highest BCUT2D eigenvalue weighted by molar-refractivity contribution is 7.92. The van der Waals surface area contributed by atoms with Gasteiger partial charge in [-0.25, -0.2) is 12.8 Å². The minimum absolute atomic E-state index is 0.129. The predicted molar refractivity (Wildman–Crippen MR) is 77.5 cm³/mol. The van der Waals surface area contributed by atoms with Gasteiger partial charge in [0.1, 0.15) is 5.82 Å². The van der Waals surface area contributed by atoms with Crippen LogP contribution in [0.3, 0.4) is 0 Å². The van der Waals surface area contributed by atoms with E-state index in [4.69, 9.17) is 5.73 Å². The minimum atomic E-state index is -3.83. The van der Waals surface area contributed by atoms with Crippen LogP contribution < -0.4 is 10.5 Å². The third kappa shape index (κ3) is 2.75. The fourth-order valence-electron chi connectivity index (χ4n) is 1.81. The van der Waals surface area contributed by atoms with Gasteiger partial charge in [-0.15, -0.1) is 0 Å². The Balaban J connectivity index is 2.41. The average molecular weight is 294 g/mol. The molecule has 106 valence electrons. The van der Waals surface area contributed by atoms with E-state index in [0.717, 1.165) is 11.6 Å². The highest BCUT2D eigenvalue weighted by Crippen LogP contribution is 2.26. The van der Waals surface area contributed by atoms with Crippen molar-refractivity contribution < 1.29 is 12.8 Å². The molecule has 0 atom stereocenters. The van der Waals surface area contributed by atoms with Crippen molar-refractivity contribution in [3.63, 3.8) is 0 Å². The largest absolute Gasteiger partial charge is 0.398 e. The second kappa shape index (κ2) is 5.13. The van der Waals surface area contributed by atoms with Gasteiger partial charge in [0.15, 0.2) is 0 Å². The van der Waals surface area contributed by atoms with E-state index in [9.17, 15) is 12.8 Å². The minimum Gasteiger partial charge on any atom is -0.398 e. The van der Waals surface area contributed by atoms with E-state index in [1.807, 2.05) is 6.92 Å². The molecule has 0 spiro atoms. The Hall–Kier alpha value is -2.08. The van der Waals surface area contributed by atoms with Crippen molar-refractivity contribution in [2.45, 2.75) is 18.7 Å². The molecule has 0 bridgehead atoms. The summed E-state index contributed by atoms with van der Waals surface area (Å²) in [6.45, 7) is 3.57. The SMILES string of the molecule is Cc1ccc(NS(=O)(=O)c2cccc(F)c2)c(C)c1N. The molecule has 2 aromatic carbocycles. The number of halogens is 1. The smallest absolute Gasteiger partial charge is 0.262 e. The first kappa shape index (κ1) is 14.3. The van der Waals surface area contributed by atoms with Crippen LogP contribution in [-0.2, 0) is 10.0 Å². The van der Waals surface area contributed by atoms with Crippen LogP contribution in [-0.4, -0.2) is 8.42 Å². The Morgan fingerprint density at radius 2 is 1.85 bits per heavy atom. The maximum atomic E-state index is 13.1. The summed E-state index contributed by atoms with van der Waals surface area (Å²) < 4.78 is 39.9. The molecule has 0 saturated carbocycles. The van der Waals surface area contributed by atoms with Crippen LogP contribution in [0.1, 0.15) is 11.1 Å². The topological polar surface area (TPSA) is 72.2 Å². The fraction of sp³-hybridized carbons (Fsp3) is 0.143. The molecule has 0 saturated heterocycles. The molecule has 0 aliphatic carbocycles. The number of aryl methyl sites for hydroxylation is 1. The molecule has 0 heterocycles. The zero-order chi connectivity index (χ0) is 14.9. The summed E-state index contributed by atoms with van der Waals surface area (Å²) in [5, 5.41) is 0. The Bertz CT molecular complexity index is 758. The second-order valence-electron chi connectivity index (χ2n) is 4.53. The molecule has 2 rings (SSSR count). The van der Waals surface area contributed by atoms with Gasteiger partial charge >= 0.3 is 0 Å². The van der Waals surface area contributed by atoms with Gasteiger partial charge in [-0.05, 0) is 49.2 Å². The van der Waals surface area contributed by atoms with E-state index in [1.54, 1.807) is 19.1 Å². The van der Waals surface area contributed by atoms with Gasteiger partial charge in [-0.1, -0.05) is 12.1 Å². The summed E-state index contributed by atoms with van der Waals surface area (Å²) in [6, 6.07) is 8.20. The molecular formula is C14H15FN2O2S. The van der Waals surface area contributed by atoms with Crippen molar-refractivity contribution in [3.8, 4) is 0 Å². The van der Waals surface area contributed by atoms with Gasteiger partial charge in [0.05, 0.1) is 10.6 Å². The van der Waals surface area contributed by atoms with E-state index >= 15 is 0 Å². The van der Waals surface area contributed by atoms with Crippen LogP contribution in [0, 0.1) is 19.7 Å². The zero-order valence-electron chi connectivity index (χ0n) is 11.1. The summed E-state index contributed by atoms with van der Waals surface area (Å²) in [7, 11) is -3.83. The number of sulfonamides is 1. The number of nitrogens with one attached hydrogen (secondary N) is 1. The quantitative estimate of drug-likeness (QED) is 0.855. The third-order valence-corrected chi connectivity index (χ3v) is 4.45. The molecule has 20 heavy (non-hydrogen) atoms. The Morgan fingerprint density at radius 1 is 1.15 bits per heavy atom. The van der Waals surface area contributed by atoms with Gasteiger partial charge in [0.2, 0.25) is 0 Å². The van der Waals surface area contributed by atoms with Gasteiger partial charge < -0.3 is 5.73 Å². The number of hydrogen-bond donors (Lipinski definition) is 2. The van der Waals surface area contributed by atoms with Crippen LogP contribution in [0.15, 0.2) is 41.3 Å². The van der Waals surface area contributed by atoms with Crippen molar-refractivity contribution in [3.05, 3.63) is 53.3 Å². The number of nitrogen functional groups attached to an aromatic ring is 1. The van der Waals surface area contributed by atoms with E-state index in [1.165, 1.54) is 18.2 Å². The average Bonchev–Trinajstić information content (AvgIpc) is 2.39. The van der Waals surface area contributed by atoms with E-state index < -0.39 is 15.8 Å². The van der Waals surface area contributed by atoms with Crippen LogP contribution in [0.25, 0.3) is 0 Å². The number of nitrogens with two attached hydrogens (primary N) is 1. The van der Waals surface area contributed by atoms with Crippen molar-refractivity contribution >= 4 is 21.4 Å². The van der Waals surface area contributed by atoms with Crippen LogP contribution in [0.4, 0.5) is 15.8 Å². The summed E-state index contributed by atoms with van der Waals surface area (Å²) in [6.07, 6.45) is 0. The molecule has 0 aliphatic heterocycles. The summed E-state index contributed by atoms with van der Waals surface area (Å²) >= 11 is 0. The van der Waals surface area contributed by atoms with Crippen molar-refractivity contribution in [2.75, 3.05) is 10.5 Å². The Morgan fingerprint density at radius 3 is 2.50 bits per heavy atom. The first-order valence-corrected chi connectivity index (χ1v) is 7.43. The molecule has 3 N–H and O–H groups in total. The summed E-state index contributed by atoms with van der Waals surface area (Å²) in [4.78, 5) is -0.129. The highest BCUT2D eigenvalue weighted by Gasteiger charge is 2.16. The molecular weight excluding hydrogens is 279 g/mol. The molecule has 0 amide bonds. The lowest BCUT2D eigenvalue weighted by Crippen LogP contribution is -2.14. The van der Waals surface area contributed by atoms with Crippen LogP contribution in [0.5, 0.6) is 0 Å². The lowest BCUT2D eigenvalue weighted by molar-refractivity contribution is 0.595. The van der Waals surface area contributed by atoms with Crippen molar-refractivity contribution in [1.82, 2.24) is 0 Å². The maximum absolute atomic E-state index is 13.1. The standard InChI is InChI=1S/C14H15FN2O2S/c1-9-6-7-13(10(2)14(9)16)17-20(18,19)12-5-3-4-11(15)8-12/h3-8,17H,16H2,1-2H3. The third-order valence-electron chi connectivity index (χ3n) is 3.08. The Labute approximate surface area is 117 Å². The van der Waals surface area contributed by atoms with Gasteiger partial charge in [-0.3, -0.25) is 4.72 Å². The van der Waals surface area contributed by atoms with Crippen LogP contribution in [0.2, 0.25) is 0 Å². The van der Waals surface area contributed by atoms with Crippen LogP contribution >= 0.6 is 0 Å². The normalized spacial score (nSPS) is 11.3. The fourth-order valence-corrected chi connectivity index (χ4v) is 2.97. The molecule has 4 nitrogen and oxygen atoms in total. The predicted octanol–water partition coefficient (Wildman–Crippen LogP) is 2.83. The molecule has 0 aromatic heterocycles. The molecule has 0 fully saturated rings. The second-order valence-corrected chi connectivity index (χ2v) is 6.21. The first-order chi connectivity index (χ1) is 9.31. The summed E-state index contributed by atoms with van der Waals surface area (Å²) in [5.41, 5.74) is 8.30. The molecule has 0 aliphatic rings. The van der Waals surface area contributed by atoms with E-state index in [0.29, 0.717) is 16.9 Å². The first-order valence-electron chi connectivity index (χ1n) is 5.95. The number of hydrogen-bond acceptors (Lipinski definition) is 3. The van der Waals surface area contributed by atoms with Gasteiger partial charge in [0.25, 0.3) is 10.0 Å². The number of anilines is 2. The van der Waals surface area contributed by atoms with Gasteiger partial charge in [0, 0.05) is 5.69 Å². The highest BCUT2D eigenvalue weighted by atomic mass is 32.2. The van der Waals surface area contributed by atoms with Crippen molar-refractivity contribution in [2.24, 2.45) is 0 Å². The Kier molecular flexibility index (Phi) is 3.67. The maximum Gasteiger partial charge on any atom is 0.262 e. The number of rotatable bonds is 3. The summed E-state index contributed by atoms with van der Waals surface area (Å²) in [5.74, 6) is -0.604. The van der Waals surface area contributed by atoms with Crippen molar-refractivity contribution in [1.29, 1.82) is 0 Å². The molecule has 0 radical (unpaired) electrons. The molecule has 6 heteroatoms. The van der Waals surface area contributed by atoms with E-state index in [2.05, 4.69) is 4.72 Å².